The van der Waals surface area contributed by atoms with Crippen molar-refractivity contribution in [2.45, 2.75) is 38.1 Å². The van der Waals surface area contributed by atoms with Crippen molar-refractivity contribution in [3.8, 4) is 0 Å². The van der Waals surface area contributed by atoms with Crippen LogP contribution in [0.3, 0.4) is 0 Å². The molecule has 1 saturated carbocycles. The summed E-state index contributed by atoms with van der Waals surface area (Å²) in [6.45, 7) is 3.63. The fourth-order valence-corrected chi connectivity index (χ4v) is 3.08. The van der Waals surface area contributed by atoms with E-state index in [1.165, 1.54) is 32.2 Å². The molecule has 3 aliphatic rings. The molecule has 60 valence electrons. The average molecular weight is 149 g/mol. The Labute approximate surface area is 68.1 Å². The Morgan fingerprint density at radius 3 is 3.18 bits per heavy atom. The minimum Gasteiger partial charge on any atom is -0.371 e. The normalized spacial score (nSPS) is 46.5. The Balaban J connectivity index is 1.96. The van der Waals surface area contributed by atoms with Gasteiger partial charge in [-0.1, -0.05) is 5.57 Å². The maximum Gasteiger partial charge on any atom is 0.0469 e. The highest BCUT2D eigenvalue weighted by Gasteiger charge is 2.61. The van der Waals surface area contributed by atoms with Gasteiger partial charge in [0.05, 0.1) is 0 Å². The molecule has 3 rings (SSSR count). The number of rotatable bonds is 0. The summed E-state index contributed by atoms with van der Waals surface area (Å²) < 4.78 is 0. The molecular formula is C10H15N. The molecule has 2 aliphatic heterocycles. The van der Waals surface area contributed by atoms with Crippen LogP contribution in [0.15, 0.2) is 11.8 Å². The Morgan fingerprint density at radius 1 is 1.55 bits per heavy atom. The summed E-state index contributed by atoms with van der Waals surface area (Å²) in [6, 6.07) is 0. The van der Waals surface area contributed by atoms with E-state index in [2.05, 4.69) is 18.0 Å². The van der Waals surface area contributed by atoms with E-state index < -0.39 is 0 Å². The molecule has 1 spiro atoms. The van der Waals surface area contributed by atoms with Crippen molar-refractivity contribution in [2.75, 3.05) is 6.54 Å². The van der Waals surface area contributed by atoms with Crippen LogP contribution in [0.25, 0.3) is 0 Å². The molecule has 2 atom stereocenters. The quantitative estimate of drug-likeness (QED) is 0.510. The highest BCUT2D eigenvalue weighted by Crippen LogP contribution is 2.61. The maximum atomic E-state index is 2.62. The summed E-state index contributed by atoms with van der Waals surface area (Å²) in [5.74, 6) is 0.961. The van der Waals surface area contributed by atoms with Crippen molar-refractivity contribution < 1.29 is 0 Å². The van der Waals surface area contributed by atoms with Crippen LogP contribution in [0.4, 0.5) is 0 Å². The second-order valence-corrected chi connectivity index (χ2v) is 4.38. The van der Waals surface area contributed by atoms with E-state index in [1.54, 1.807) is 5.57 Å². The second-order valence-electron chi connectivity index (χ2n) is 4.38. The molecule has 11 heavy (non-hydrogen) atoms. The van der Waals surface area contributed by atoms with Crippen LogP contribution in [-0.2, 0) is 0 Å². The zero-order valence-corrected chi connectivity index (χ0v) is 7.14. The third kappa shape index (κ3) is 0.582. The van der Waals surface area contributed by atoms with E-state index in [4.69, 9.17) is 0 Å². The van der Waals surface area contributed by atoms with Crippen molar-refractivity contribution in [1.29, 1.82) is 0 Å². The van der Waals surface area contributed by atoms with Crippen molar-refractivity contribution in [1.82, 2.24) is 4.90 Å². The molecule has 0 aromatic rings. The Hall–Kier alpha value is -0.460. The first-order valence-corrected chi connectivity index (χ1v) is 4.78. The van der Waals surface area contributed by atoms with Crippen LogP contribution >= 0.6 is 0 Å². The zero-order chi connectivity index (χ0) is 7.47. The first-order valence-electron chi connectivity index (χ1n) is 4.78. The molecule has 0 radical (unpaired) electrons. The molecule has 1 aliphatic carbocycles. The molecule has 2 heterocycles. The highest BCUT2D eigenvalue weighted by atomic mass is 15.3. The fraction of sp³-hybridized carbons (Fsp3) is 0.800. The number of piperidine rings is 1. The average Bonchev–Trinajstić information content (AvgIpc) is 2.65. The molecule has 1 saturated heterocycles. The van der Waals surface area contributed by atoms with Gasteiger partial charge in [-0.25, -0.2) is 0 Å². The molecule has 2 fully saturated rings. The van der Waals surface area contributed by atoms with Gasteiger partial charge >= 0.3 is 0 Å². The smallest absolute Gasteiger partial charge is 0.0469 e. The largest absolute Gasteiger partial charge is 0.371 e. The van der Waals surface area contributed by atoms with E-state index in [1.807, 2.05) is 0 Å². The lowest BCUT2D eigenvalue weighted by atomic mass is 10.00. The molecule has 2 unspecified atom stereocenters. The molecular weight excluding hydrogens is 134 g/mol. The SMILES string of the molecule is CC1=CN2CCCCC23CC13. The predicted octanol–water partition coefficient (Wildman–Crippen LogP) is 2.15. The van der Waals surface area contributed by atoms with Gasteiger partial charge in [0.2, 0.25) is 0 Å². The van der Waals surface area contributed by atoms with Gasteiger partial charge in [-0.2, -0.15) is 0 Å². The highest BCUT2D eigenvalue weighted by molar-refractivity contribution is 5.33. The van der Waals surface area contributed by atoms with Crippen LogP contribution in [0.5, 0.6) is 0 Å². The topological polar surface area (TPSA) is 3.24 Å². The standard InChI is InChI=1S/C10H15N/c1-8-7-11-5-3-2-4-10(11)6-9(8)10/h7,9H,2-6H2,1H3. The summed E-state index contributed by atoms with van der Waals surface area (Å²) >= 11 is 0. The third-order valence-corrected chi connectivity index (χ3v) is 3.79. The van der Waals surface area contributed by atoms with Crippen molar-refractivity contribution in [3.05, 3.63) is 11.8 Å². The van der Waals surface area contributed by atoms with Gasteiger partial charge in [-0.05, 0) is 38.8 Å². The van der Waals surface area contributed by atoms with E-state index in [9.17, 15) is 0 Å². The molecule has 1 heteroatoms. The number of hydrogen-bond donors (Lipinski definition) is 0. The van der Waals surface area contributed by atoms with Gasteiger partial charge in [-0.3, -0.25) is 0 Å². The lowest BCUT2D eigenvalue weighted by Crippen LogP contribution is -2.36. The minimum absolute atomic E-state index is 0.669. The van der Waals surface area contributed by atoms with Crippen LogP contribution in [0.2, 0.25) is 0 Å². The van der Waals surface area contributed by atoms with Crippen LogP contribution in [0, 0.1) is 5.92 Å². The Morgan fingerprint density at radius 2 is 2.45 bits per heavy atom. The van der Waals surface area contributed by atoms with Gasteiger partial charge in [0.1, 0.15) is 0 Å². The Bertz CT molecular complexity index is 231. The van der Waals surface area contributed by atoms with Crippen molar-refractivity contribution in [2.24, 2.45) is 5.92 Å². The summed E-state index contributed by atoms with van der Waals surface area (Å²) in [7, 11) is 0. The van der Waals surface area contributed by atoms with E-state index in [0.717, 1.165) is 5.92 Å². The third-order valence-electron chi connectivity index (χ3n) is 3.79. The maximum absolute atomic E-state index is 2.62. The first kappa shape index (κ1) is 6.10. The first-order chi connectivity index (χ1) is 5.33. The fourth-order valence-electron chi connectivity index (χ4n) is 3.08. The molecule has 0 aromatic heterocycles. The van der Waals surface area contributed by atoms with Crippen LogP contribution < -0.4 is 0 Å². The summed E-state index contributed by atoms with van der Waals surface area (Å²) in [5.41, 5.74) is 2.31. The Kier molecular flexibility index (Phi) is 0.915. The summed E-state index contributed by atoms with van der Waals surface area (Å²) in [4.78, 5) is 2.62. The minimum atomic E-state index is 0.669. The number of nitrogens with zero attached hydrogens (tertiary/aromatic N) is 1. The summed E-state index contributed by atoms with van der Waals surface area (Å²) in [5, 5.41) is 0. The van der Waals surface area contributed by atoms with Gasteiger partial charge < -0.3 is 4.90 Å². The summed E-state index contributed by atoms with van der Waals surface area (Å²) in [6.07, 6.45) is 8.22. The van der Waals surface area contributed by atoms with Gasteiger partial charge in [-0.15, -0.1) is 0 Å². The van der Waals surface area contributed by atoms with Crippen LogP contribution in [-0.4, -0.2) is 17.0 Å². The van der Waals surface area contributed by atoms with Crippen molar-refractivity contribution in [3.63, 3.8) is 0 Å². The monoisotopic (exact) mass is 149 g/mol. The van der Waals surface area contributed by atoms with Crippen molar-refractivity contribution >= 4 is 0 Å². The van der Waals surface area contributed by atoms with Gasteiger partial charge in [0.25, 0.3) is 0 Å². The van der Waals surface area contributed by atoms with Gasteiger partial charge in [0.15, 0.2) is 0 Å². The van der Waals surface area contributed by atoms with E-state index in [0.29, 0.717) is 5.54 Å². The molecule has 0 aromatic carbocycles. The van der Waals surface area contributed by atoms with E-state index >= 15 is 0 Å². The molecule has 0 bridgehead atoms. The van der Waals surface area contributed by atoms with Crippen LogP contribution in [0.1, 0.15) is 32.6 Å². The molecule has 0 amide bonds. The number of hydrogen-bond acceptors (Lipinski definition) is 1. The zero-order valence-electron chi connectivity index (χ0n) is 7.14. The predicted molar refractivity (Wildman–Crippen MR) is 45.2 cm³/mol. The lowest BCUT2D eigenvalue weighted by Gasteiger charge is -2.33. The molecule has 0 N–H and O–H groups in total. The van der Waals surface area contributed by atoms with E-state index in [-0.39, 0.29) is 0 Å². The lowest BCUT2D eigenvalue weighted by molar-refractivity contribution is 0.197. The van der Waals surface area contributed by atoms with Gasteiger partial charge in [0, 0.05) is 18.0 Å². The molecule has 1 nitrogen and oxygen atoms in total. The second kappa shape index (κ2) is 1.65.